The van der Waals surface area contributed by atoms with E-state index in [4.69, 9.17) is 4.74 Å². The first-order valence-electron chi connectivity index (χ1n) is 8.13. The van der Waals surface area contributed by atoms with E-state index in [1.54, 1.807) is 0 Å². The monoisotopic (exact) mass is 427 g/mol. The van der Waals surface area contributed by atoms with E-state index in [1.807, 2.05) is 20.8 Å². The molecule has 0 aromatic heterocycles. The Bertz CT molecular complexity index is 307. The molecule has 0 radical (unpaired) electrons. The summed E-state index contributed by atoms with van der Waals surface area (Å²) in [6.45, 7) is 12.4. The summed E-state index contributed by atoms with van der Waals surface area (Å²) in [6.07, 6.45) is 4.60. The molecule has 0 heterocycles. The summed E-state index contributed by atoms with van der Waals surface area (Å²) < 4.78 is 5.27. The number of hydrogen-bond donors (Lipinski definition) is 2. The molecule has 0 saturated carbocycles. The minimum absolute atomic E-state index is 0. The second-order valence-electron chi connectivity index (χ2n) is 6.04. The van der Waals surface area contributed by atoms with Gasteiger partial charge in [0.25, 0.3) is 0 Å². The highest BCUT2D eigenvalue weighted by atomic mass is 127. The molecular weight excluding hydrogens is 393 g/mol. The number of nitrogens with one attached hydrogen (secondary N) is 2. The molecule has 0 aliphatic rings. The molecule has 132 valence electrons. The lowest BCUT2D eigenvalue weighted by molar-refractivity contribution is -0.154. The maximum Gasteiger partial charge on any atom is 0.306 e. The number of aliphatic imine (C=N–C) groups is 1. The van der Waals surface area contributed by atoms with Crippen LogP contribution in [0, 0.1) is 0 Å². The second kappa shape index (κ2) is 14.1. The first-order valence-corrected chi connectivity index (χ1v) is 8.13. The van der Waals surface area contributed by atoms with Crippen molar-refractivity contribution in [2.75, 3.05) is 19.6 Å². The Morgan fingerprint density at radius 3 is 2.05 bits per heavy atom. The zero-order valence-electron chi connectivity index (χ0n) is 14.8. The van der Waals surface area contributed by atoms with Gasteiger partial charge in [0, 0.05) is 26.1 Å². The third-order valence-corrected chi connectivity index (χ3v) is 2.67. The van der Waals surface area contributed by atoms with Crippen LogP contribution < -0.4 is 10.6 Å². The molecule has 0 bridgehead atoms. The second-order valence-corrected chi connectivity index (χ2v) is 6.04. The molecule has 0 aromatic rings. The summed E-state index contributed by atoms with van der Waals surface area (Å²) in [6, 6.07) is 0. The van der Waals surface area contributed by atoms with Crippen LogP contribution in [0.3, 0.4) is 0 Å². The van der Waals surface area contributed by atoms with Crippen molar-refractivity contribution in [2.45, 2.75) is 72.3 Å². The maximum atomic E-state index is 11.5. The fraction of sp³-hybridized carbons (Fsp3) is 0.875. The van der Waals surface area contributed by atoms with E-state index >= 15 is 0 Å². The van der Waals surface area contributed by atoms with Crippen molar-refractivity contribution in [2.24, 2.45) is 4.99 Å². The number of halogens is 1. The van der Waals surface area contributed by atoms with E-state index in [-0.39, 0.29) is 35.5 Å². The normalized spacial score (nSPS) is 10.4. The summed E-state index contributed by atoms with van der Waals surface area (Å²) in [5.41, 5.74) is -0.374. The lowest BCUT2D eigenvalue weighted by atomic mass is 10.1. The molecule has 0 atom stereocenters. The van der Waals surface area contributed by atoms with Crippen molar-refractivity contribution < 1.29 is 9.53 Å². The van der Waals surface area contributed by atoms with Crippen molar-refractivity contribution in [3.8, 4) is 0 Å². The molecule has 0 aliphatic carbocycles. The van der Waals surface area contributed by atoms with Gasteiger partial charge in [0.1, 0.15) is 5.60 Å². The zero-order valence-corrected chi connectivity index (χ0v) is 17.2. The summed E-state index contributed by atoms with van der Waals surface area (Å²) in [4.78, 5) is 16.0. The predicted octanol–water partition coefficient (Wildman–Crippen LogP) is 3.47. The first kappa shape index (κ1) is 23.7. The van der Waals surface area contributed by atoms with Gasteiger partial charge in [-0.3, -0.25) is 9.79 Å². The fourth-order valence-corrected chi connectivity index (χ4v) is 1.83. The van der Waals surface area contributed by atoms with Crippen molar-refractivity contribution >= 4 is 35.9 Å². The standard InChI is InChI=1S/C16H33N3O2.HI/c1-6-17-15(18-7-2)19-13-11-9-8-10-12-14(20)21-16(3,4)5;/h6-13H2,1-5H3,(H2,17,18,19);1H. The van der Waals surface area contributed by atoms with E-state index in [0.29, 0.717) is 6.42 Å². The predicted molar refractivity (Wildman–Crippen MR) is 104 cm³/mol. The molecule has 0 rings (SSSR count). The van der Waals surface area contributed by atoms with Crippen molar-refractivity contribution in [3.05, 3.63) is 0 Å². The molecule has 0 aliphatic heterocycles. The van der Waals surface area contributed by atoms with E-state index in [1.165, 1.54) is 0 Å². The minimum Gasteiger partial charge on any atom is -0.460 e. The average Bonchev–Trinajstić information content (AvgIpc) is 2.36. The van der Waals surface area contributed by atoms with Crippen LogP contribution in [0.25, 0.3) is 0 Å². The van der Waals surface area contributed by atoms with E-state index in [9.17, 15) is 4.79 Å². The SMILES string of the molecule is CCNC(=NCCCCCCC(=O)OC(C)(C)C)NCC.I. The van der Waals surface area contributed by atoms with Crippen molar-refractivity contribution in [1.82, 2.24) is 10.6 Å². The van der Waals surface area contributed by atoms with Gasteiger partial charge in [-0.05, 0) is 47.5 Å². The van der Waals surface area contributed by atoms with Gasteiger partial charge in [-0.25, -0.2) is 0 Å². The first-order chi connectivity index (χ1) is 9.89. The maximum absolute atomic E-state index is 11.5. The number of carbonyl (C=O) groups is 1. The number of unbranched alkanes of at least 4 members (excludes halogenated alkanes) is 3. The van der Waals surface area contributed by atoms with Gasteiger partial charge in [-0.15, -0.1) is 24.0 Å². The molecule has 0 fully saturated rings. The summed E-state index contributed by atoms with van der Waals surface area (Å²) in [5, 5.41) is 6.40. The Morgan fingerprint density at radius 2 is 1.55 bits per heavy atom. The topological polar surface area (TPSA) is 62.7 Å². The highest BCUT2D eigenvalue weighted by molar-refractivity contribution is 14.0. The Morgan fingerprint density at radius 1 is 1.00 bits per heavy atom. The lowest BCUT2D eigenvalue weighted by Crippen LogP contribution is -2.37. The zero-order chi connectivity index (χ0) is 16.1. The van der Waals surface area contributed by atoms with Crippen LogP contribution in [0.1, 0.15) is 66.7 Å². The number of hydrogen-bond acceptors (Lipinski definition) is 3. The highest BCUT2D eigenvalue weighted by Crippen LogP contribution is 2.11. The Kier molecular flexibility index (Phi) is 15.2. The van der Waals surface area contributed by atoms with Gasteiger partial charge >= 0.3 is 5.97 Å². The largest absolute Gasteiger partial charge is 0.460 e. The van der Waals surface area contributed by atoms with Crippen LogP contribution in [-0.2, 0) is 9.53 Å². The molecule has 0 saturated heterocycles. The minimum atomic E-state index is -0.374. The summed E-state index contributed by atoms with van der Waals surface area (Å²) in [7, 11) is 0. The van der Waals surface area contributed by atoms with E-state index in [0.717, 1.165) is 51.3 Å². The van der Waals surface area contributed by atoms with Gasteiger partial charge in [0.15, 0.2) is 5.96 Å². The van der Waals surface area contributed by atoms with Gasteiger partial charge < -0.3 is 15.4 Å². The third-order valence-electron chi connectivity index (χ3n) is 2.67. The number of carbonyl (C=O) groups excluding carboxylic acids is 1. The Hall–Kier alpha value is -0.530. The molecule has 5 nitrogen and oxygen atoms in total. The fourth-order valence-electron chi connectivity index (χ4n) is 1.83. The number of esters is 1. The average molecular weight is 427 g/mol. The summed E-state index contributed by atoms with van der Waals surface area (Å²) >= 11 is 0. The molecule has 6 heteroatoms. The summed E-state index contributed by atoms with van der Waals surface area (Å²) in [5.74, 6) is 0.788. The van der Waals surface area contributed by atoms with Crippen molar-refractivity contribution in [3.63, 3.8) is 0 Å². The Balaban J connectivity index is 0. The quantitative estimate of drug-likeness (QED) is 0.195. The molecule has 0 unspecified atom stereocenters. The Labute approximate surface area is 153 Å². The molecule has 0 spiro atoms. The van der Waals surface area contributed by atoms with Crippen LogP contribution in [0.15, 0.2) is 4.99 Å². The van der Waals surface area contributed by atoms with E-state index < -0.39 is 0 Å². The molecular formula is C16H34IN3O2. The van der Waals surface area contributed by atoms with Crippen LogP contribution in [0.5, 0.6) is 0 Å². The van der Waals surface area contributed by atoms with Crippen molar-refractivity contribution in [1.29, 1.82) is 0 Å². The molecule has 2 N–H and O–H groups in total. The molecule has 0 amide bonds. The molecule has 0 aromatic carbocycles. The van der Waals surface area contributed by atoms with Crippen LogP contribution in [-0.4, -0.2) is 37.2 Å². The lowest BCUT2D eigenvalue weighted by Gasteiger charge is -2.19. The molecule has 22 heavy (non-hydrogen) atoms. The van der Waals surface area contributed by atoms with Gasteiger partial charge in [-0.2, -0.15) is 0 Å². The van der Waals surface area contributed by atoms with Crippen LogP contribution in [0.2, 0.25) is 0 Å². The number of rotatable bonds is 9. The number of ether oxygens (including phenoxy) is 1. The third kappa shape index (κ3) is 15.9. The van der Waals surface area contributed by atoms with Crippen LogP contribution in [0.4, 0.5) is 0 Å². The van der Waals surface area contributed by atoms with Gasteiger partial charge in [0.05, 0.1) is 0 Å². The van der Waals surface area contributed by atoms with Crippen LogP contribution >= 0.6 is 24.0 Å². The van der Waals surface area contributed by atoms with Gasteiger partial charge in [0.2, 0.25) is 0 Å². The van der Waals surface area contributed by atoms with Gasteiger partial charge in [-0.1, -0.05) is 12.8 Å². The highest BCUT2D eigenvalue weighted by Gasteiger charge is 2.15. The van der Waals surface area contributed by atoms with E-state index in [2.05, 4.69) is 29.5 Å². The number of nitrogens with zero attached hydrogens (tertiary/aromatic N) is 1. The smallest absolute Gasteiger partial charge is 0.306 e. The number of guanidine groups is 1.